The molecule has 1 aromatic carbocycles. The first kappa shape index (κ1) is 17.3. The maximum Gasteiger partial charge on any atom is 0.416 e. The van der Waals surface area contributed by atoms with E-state index in [4.69, 9.17) is 5.11 Å². The molecule has 23 heavy (non-hydrogen) atoms. The number of benzene rings is 1. The van der Waals surface area contributed by atoms with Crippen molar-refractivity contribution in [2.24, 2.45) is 0 Å². The Labute approximate surface area is 132 Å². The molecule has 0 unspecified atom stereocenters. The molecule has 0 fully saturated rings. The number of aryl methyl sites for hydroxylation is 2. The lowest BCUT2D eigenvalue weighted by Gasteiger charge is -2.13. The lowest BCUT2D eigenvalue weighted by atomic mass is 10.1. The highest BCUT2D eigenvalue weighted by Crippen LogP contribution is 2.33. The normalized spacial score (nSPS) is 11.8. The molecule has 126 valence electrons. The molecule has 0 radical (unpaired) electrons. The maximum atomic E-state index is 12.9. The fourth-order valence-electron chi connectivity index (χ4n) is 2.53. The molecule has 2 aromatic rings. The van der Waals surface area contributed by atoms with Crippen LogP contribution in [0, 0.1) is 20.8 Å². The van der Waals surface area contributed by atoms with Gasteiger partial charge in [-0.2, -0.15) is 18.3 Å². The number of aliphatic hydroxyl groups is 1. The molecule has 2 N–H and O–H groups in total. The van der Waals surface area contributed by atoms with Crippen LogP contribution in [0.4, 0.5) is 18.9 Å². The quantitative estimate of drug-likeness (QED) is 0.884. The zero-order valence-electron chi connectivity index (χ0n) is 13.3. The van der Waals surface area contributed by atoms with Crippen LogP contribution in [0.2, 0.25) is 0 Å². The number of halogens is 3. The Bertz CT molecular complexity index is 693. The lowest BCUT2D eigenvalue weighted by molar-refractivity contribution is -0.138. The van der Waals surface area contributed by atoms with E-state index < -0.39 is 11.7 Å². The van der Waals surface area contributed by atoms with Crippen LogP contribution in [0.25, 0.3) is 0 Å². The van der Waals surface area contributed by atoms with E-state index in [1.807, 2.05) is 13.8 Å². The summed E-state index contributed by atoms with van der Waals surface area (Å²) in [7, 11) is 0. The third-order valence-electron chi connectivity index (χ3n) is 3.86. The van der Waals surface area contributed by atoms with Crippen molar-refractivity contribution in [1.82, 2.24) is 9.78 Å². The van der Waals surface area contributed by atoms with Crippen molar-refractivity contribution in [1.29, 1.82) is 0 Å². The van der Waals surface area contributed by atoms with E-state index in [1.54, 1.807) is 10.7 Å². The Balaban J connectivity index is 2.19. The molecule has 0 aliphatic carbocycles. The van der Waals surface area contributed by atoms with Crippen molar-refractivity contribution < 1.29 is 18.3 Å². The number of aromatic nitrogens is 2. The van der Waals surface area contributed by atoms with Gasteiger partial charge in [-0.25, -0.2) is 0 Å². The Morgan fingerprint density at radius 1 is 1.22 bits per heavy atom. The van der Waals surface area contributed by atoms with Gasteiger partial charge in [-0.05, 0) is 38.5 Å². The Hall–Kier alpha value is -2.02. The molecular formula is C16H20F3N3O. The zero-order chi connectivity index (χ0) is 17.2. The SMILES string of the molecule is Cc1ccc(NCc2c(C)nn(CCO)c2C)cc1C(F)(F)F. The van der Waals surface area contributed by atoms with Crippen molar-refractivity contribution >= 4 is 5.69 Å². The molecule has 4 nitrogen and oxygen atoms in total. The first-order valence-electron chi connectivity index (χ1n) is 7.29. The third-order valence-corrected chi connectivity index (χ3v) is 3.86. The first-order valence-corrected chi connectivity index (χ1v) is 7.29. The van der Waals surface area contributed by atoms with Gasteiger partial charge in [0.25, 0.3) is 0 Å². The van der Waals surface area contributed by atoms with Crippen molar-refractivity contribution in [3.8, 4) is 0 Å². The molecule has 0 atom stereocenters. The van der Waals surface area contributed by atoms with Gasteiger partial charge in [0.2, 0.25) is 0 Å². The fourth-order valence-corrected chi connectivity index (χ4v) is 2.53. The average Bonchev–Trinajstić information content (AvgIpc) is 2.72. The van der Waals surface area contributed by atoms with Gasteiger partial charge >= 0.3 is 6.18 Å². The molecule has 0 bridgehead atoms. The summed E-state index contributed by atoms with van der Waals surface area (Å²) in [4.78, 5) is 0. The highest BCUT2D eigenvalue weighted by Gasteiger charge is 2.32. The fraction of sp³-hybridized carbons (Fsp3) is 0.438. The molecule has 0 spiro atoms. The van der Waals surface area contributed by atoms with Crippen molar-refractivity contribution in [2.75, 3.05) is 11.9 Å². The summed E-state index contributed by atoms with van der Waals surface area (Å²) in [5, 5.41) is 16.3. The van der Waals surface area contributed by atoms with Crippen LogP contribution in [0.3, 0.4) is 0 Å². The van der Waals surface area contributed by atoms with Crippen molar-refractivity contribution in [2.45, 2.75) is 40.0 Å². The summed E-state index contributed by atoms with van der Waals surface area (Å²) in [5.74, 6) is 0. The van der Waals surface area contributed by atoms with Crippen LogP contribution >= 0.6 is 0 Å². The van der Waals surface area contributed by atoms with Gasteiger partial charge < -0.3 is 10.4 Å². The second-order valence-electron chi connectivity index (χ2n) is 5.48. The standard InChI is InChI=1S/C16H20F3N3O/c1-10-4-5-13(8-15(10)16(17,18)19)20-9-14-11(2)21-22(6-7-23)12(14)3/h4-5,8,20,23H,6-7,9H2,1-3H3. The molecule has 1 heterocycles. The van der Waals surface area contributed by atoms with Crippen LogP contribution in [-0.4, -0.2) is 21.5 Å². The highest BCUT2D eigenvalue weighted by molar-refractivity contribution is 5.50. The number of hydrogen-bond acceptors (Lipinski definition) is 3. The largest absolute Gasteiger partial charge is 0.416 e. The third kappa shape index (κ3) is 3.85. The van der Waals surface area contributed by atoms with E-state index in [-0.39, 0.29) is 12.2 Å². The van der Waals surface area contributed by atoms with E-state index in [1.165, 1.54) is 13.0 Å². The summed E-state index contributed by atoms with van der Waals surface area (Å²) in [5.41, 5.74) is 2.60. The number of nitrogens with zero attached hydrogens (tertiary/aromatic N) is 2. The minimum absolute atomic E-state index is 0.0122. The number of alkyl halides is 3. The second kappa shape index (κ2) is 6.62. The minimum atomic E-state index is -4.36. The van der Waals surface area contributed by atoms with Crippen LogP contribution in [0.15, 0.2) is 18.2 Å². The second-order valence-corrected chi connectivity index (χ2v) is 5.48. The number of anilines is 1. The molecule has 0 aliphatic heterocycles. The first-order chi connectivity index (χ1) is 10.7. The molecular weight excluding hydrogens is 307 g/mol. The van der Waals surface area contributed by atoms with E-state index in [9.17, 15) is 13.2 Å². The Morgan fingerprint density at radius 2 is 1.91 bits per heavy atom. The lowest BCUT2D eigenvalue weighted by Crippen LogP contribution is -2.09. The average molecular weight is 327 g/mol. The van der Waals surface area contributed by atoms with Gasteiger partial charge in [-0.15, -0.1) is 0 Å². The smallest absolute Gasteiger partial charge is 0.394 e. The van der Waals surface area contributed by atoms with Crippen LogP contribution < -0.4 is 5.32 Å². The zero-order valence-corrected chi connectivity index (χ0v) is 13.3. The summed E-state index contributed by atoms with van der Waals surface area (Å²) >= 11 is 0. The molecule has 0 saturated carbocycles. The van der Waals surface area contributed by atoms with Gasteiger partial charge in [0, 0.05) is 23.5 Å². The number of hydrogen-bond donors (Lipinski definition) is 2. The van der Waals surface area contributed by atoms with E-state index in [0.29, 0.717) is 18.8 Å². The van der Waals surface area contributed by atoms with Crippen LogP contribution in [-0.2, 0) is 19.3 Å². The number of rotatable bonds is 5. The van der Waals surface area contributed by atoms with E-state index in [0.717, 1.165) is 23.0 Å². The van der Waals surface area contributed by atoms with Crippen molar-refractivity contribution in [3.05, 3.63) is 46.3 Å². The Kier molecular flexibility index (Phi) is 4.99. The van der Waals surface area contributed by atoms with E-state index in [2.05, 4.69) is 10.4 Å². The van der Waals surface area contributed by atoms with Gasteiger partial charge in [0.05, 0.1) is 24.4 Å². The molecule has 0 amide bonds. The predicted molar refractivity (Wildman–Crippen MR) is 82.3 cm³/mol. The monoisotopic (exact) mass is 327 g/mol. The van der Waals surface area contributed by atoms with Gasteiger partial charge in [-0.3, -0.25) is 4.68 Å². The Morgan fingerprint density at radius 3 is 2.52 bits per heavy atom. The van der Waals surface area contributed by atoms with Gasteiger partial charge in [0.1, 0.15) is 0 Å². The van der Waals surface area contributed by atoms with Crippen LogP contribution in [0.1, 0.15) is 28.1 Å². The van der Waals surface area contributed by atoms with Crippen molar-refractivity contribution in [3.63, 3.8) is 0 Å². The molecule has 1 aromatic heterocycles. The van der Waals surface area contributed by atoms with Crippen LogP contribution in [0.5, 0.6) is 0 Å². The number of aliphatic hydroxyl groups excluding tert-OH is 1. The summed E-state index contributed by atoms with van der Waals surface area (Å²) in [6.07, 6.45) is -4.36. The number of nitrogens with one attached hydrogen (secondary N) is 1. The summed E-state index contributed by atoms with van der Waals surface area (Å²) in [6.45, 7) is 5.93. The highest BCUT2D eigenvalue weighted by atomic mass is 19.4. The molecule has 7 heteroatoms. The van der Waals surface area contributed by atoms with E-state index >= 15 is 0 Å². The van der Waals surface area contributed by atoms with Gasteiger partial charge in [-0.1, -0.05) is 6.07 Å². The maximum absolute atomic E-state index is 12.9. The summed E-state index contributed by atoms with van der Waals surface area (Å²) in [6, 6.07) is 4.21. The minimum Gasteiger partial charge on any atom is -0.394 e. The molecule has 2 rings (SSSR count). The molecule has 0 aliphatic rings. The summed E-state index contributed by atoms with van der Waals surface area (Å²) < 4.78 is 40.5. The van der Waals surface area contributed by atoms with Gasteiger partial charge in [0.15, 0.2) is 0 Å². The predicted octanol–water partition coefficient (Wildman–Crippen LogP) is 3.43. The topological polar surface area (TPSA) is 50.1 Å². The molecule has 0 saturated heterocycles.